The predicted octanol–water partition coefficient (Wildman–Crippen LogP) is 12.0. The maximum absolute atomic E-state index is 14.8. The number of hydrogen-bond acceptors (Lipinski definition) is 7. The SMILES string of the molecule is CC(NC(=O)[C@@H](NC(=O)[C@H](CCCc1ccc(-c2ccccc2)c(F)c1)CC(=O)NO)C(C)(C)C)c1ccccc1.C[C@@H](NC(=O)[C@@H](NC(=O)[C@H](CCCc1ccc(-c2ccccc2)c(F)c1)CC(=O)O)C(C)(C)C)c1ccccc1. The molecule has 5 amide bonds. The summed E-state index contributed by atoms with van der Waals surface area (Å²) in [6.45, 7) is 14.9. The van der Waals surface area contributed by atoms with Gasteiger partial charge in [0.05, 0.1) is 18.5 Å². The van der Waals surface area contributed by atoms with Crippen molar-refractivity contribution in [1.29, 1.82) is 0 Å². The highest BCUT2D eigenvalue weighted by Gasteiger charge is 2.37. The van der Waals surface area contributed by atoms with Crippen LogP contribution in [0.4, 0.5) is 8.78 Å². The van der Waals surface area contributed by atoms with E-state index in [4.69, 9.17) is 5.21 Å². The first kappa shape index (κ1) is 63.8. The fourth-order valence-electron chi connectivity index (χ4n) is 9.48. The summed E-state index contributed by atoms with van der Waals surface area (Å²) >= 11 is 0. The summed E-state index contributed by atoms with van der Waals surface area (Å²) in [6, 6.07) is 45.5. The van der Waals surface area contributed by atoms with E-state index >= 15 is 0 Å². The second kappa shape index (κ2) is 30.5. The van der Waals surface area contributed by atoms with Crippen LogP contribution in [0.1, 0.15) is 128 Å². The molecule has 0 heterocycles. The van der Waals surface area contributed by atoms with Crippen molar-refractivity contribution in [2.75, 3.05) is 0 Å². The molecule has 0 radical (unpaired) electrons. The first-order valence-electron chi connectivity index (χ1n) is 27.6. The maximum Gasteiger partial charge on any atom is 0.304 e. The number of carbonyl (C=O) groups is 6. The van der Waals surface area contributed by atoms with E-state index in [0.717, 1.165) is 33.4 Å². The summed E-state index contributed by atoms with van der Waals surface area (Å²) in [5, 5.41) is 30.2. The van der Waals surface area contributed by atoms with E-state index in [2.05, 4.69) is 21.3 Å². The highest BCUT2D eigenvalue weighted by atomic mass is 19.1. The lowest BCUT2D eigenvalue weighted by atomic mass is 9.85. The van der Waals surface area contributed by atoms with Crippen LogP contribution in [0.2, 0.25) is 0 Å². The molecule has 0 bridgehead atoms. The number of hydrogen-bond donors (Lipinski definition) is 7. The molecule has 6 aromatic carbocycles. The van der Waals surface area contributed by atoms with E-state index in [1.807, 2.05) is 189 Å². The summed E-state index contributed by atoms with van der Waals surface area (Å²) in [6.07, 6.45) is 1.97. The lowest BCUT2D eigenvalue weighted by Crippen LogP contribution is -2.55. The number of carboxylic acid groups (broad SMARTS) is 1. The quantitative estimate of drug-likeness (QED) is 0.0229. The molecule has 0 aliphatic carbocycles. The number of aryl methyl sites for hydroxylation is 2. The lowest BCUT2D eigenvalue weighted by molar-refractivity contribution is -0.142. The van der Waals surface area contributed by atoms with Gasteiger partial charge in [0.2, 0.25) is 29.5 Å². The molecule has 0 saturated carbocycles. The van der Waals surface area contributed by atoms with Crippen LogP contribution < -0.4 is 26.7 Å². The Morgan fingerprint density at radius 1 is 0.469 bits per heavy atom. The number of carboxylic acids is 1. The third-order valence-electron chi connectivity index (χ3n) is 14.1. The molecule has 0 aliphatic heterocycles. The van der Waals surface area contributed by atoms with Crippen molar-refractivity contribution in [3.63, 3.8) is 0 Å². The molecule has 0 aliphatic rings. The number of halogens is 2. The van der Waals surface area contributed by atoms with Crippen LogP contribution in [0.3, 0.4) is 0 Å². The van der Waals surface area contributed by atoms with Crippen molar-refractivity contribution in [3.8, 4) is 22.3 Å². The fraction of sp³-hybridized carbons (Fsp3) is 0.364. The van der Waals surface area contributed by atoms with E-state index in [1.165, 1.54) is 12.1 Å². The highest BCUT2D eigenvalue weighted by Crippen LogP contribution is 2.29. The van der Waals surface area contributed by atoms with Crippen LogP contribution >= 0.6 is 0 Å². The van der Waals surface area contributed by atoms with Crippen molar-refractivity contribution in [3.05, 3.63) is 192 Å². The largest absolute Gasteiger partial charge is 0.481 e. The van der Waals surface area contributed by atoms with Crippen molar-refractivity contribution in [1.82, 2.24) is 26.7 Å². The first-order valence-corrected chi connectivity index (χ1v) is 27.6. The lowest BCUT2D eigenvalue weighted by Gasteiger charge is -2.32. The number of hydroxylamine groups is 1. The van der Waals surface area contributed by atoms with Gasteiger partial charge in [0, 0.05) is 29.4 Å². The number of aliphatic carboxylic acids is 1. The molecule has 0 spiro atoms. The third kappa shape index (κ3) is 20.2. The zero-order chi connectivity index (χ0) is 59.3. The maximum atomic E-state index is 14.8. The number of amides is 5. The number of benzene rings is 6. The Bertz CT molecular complexity index is 3000. The van der Waals surface area contributed by atoms with Crippen molar-refractivity contribution in [2.24, 2.45) is 22.7 Å². The molecule has 430 valence electrons. The monoisotopic (exact) mass is 1110 g/mol. The molecule has 7 N–H and O–H groups in total. The average molecular weight is 1110 g/mol. The Hall–Kier alpha value is -8.04. The molecule has 81 heavy (non-hydrogen) atoms. The third-order valence-corrected chi connectivity index (χ3v) is 14.1. The zero-order valence-corrected chi connectivity index (χ0v) is 47.7. The Labute approximate surface area is 475 Å². The number of carbonyl (C=O) groups excluding carboxylic acids is 5. The van der Waals surface area contributed by atoms with Crippen LogP contribution in [0.5, 0.6) is 0 Å². The Morgan fingerprint density at radius 3 is 1.14 bits per heavy atom. The van der Waals surface area contributed by atoms with Crippen LogP contribution in [0.25, 0.3) is 22.3 Å². The van der Waals surface area contributed by atoms with Crippen LogP contribution in [0, 0.1) is 34.3 Å². The van der Waals surface area contributed by atoms with Gasteiger partial charge in [-0.1, -0.05) is 187 Å². The summed E-state index contributed by atoms with van der Waals surface area (Å²) in [5.74, 6) is -5.65. The van der Waals surface area contributed by atoms with Crippen LogP contribution in [-0.4, -0.2) is 57.9 Å². The predicted molar refractivity (Wildman–Crippen MR) is 312 cm³/mol. The van der Waals surface area contributed by atoms with E-state index in [0.29, 0.717) is 49.7 Å². The Morgan fingerprint density at radius 2 is 0.815 bits per heavy atom. The molecule has 6 rings (SSSR count). The summed E-state index contributed by atoms with van der Waals surface area (Å²) in [5.41, 5.74) is 6.40. The minimum atomic E-state index is -1.09. The van der Waals surface area contributed by atoms with Crippen molar-refractivity contribution >= 4 is 35.5 Å². The van der Waals surface area contributed by atoms with E-state index in [-0.39, 0.29) is 48.4 Å². The van der Waals surface area contributed by atoms with Crippen molar-refractivity contribution < 1.29 is 47.9 Å². The van der Waals surface area contributed by atoms with Gasteiger partial charge in [0.1, 0.15) is 23.7 Å². The summed E-state index contributed by atoms with van der Waals surface area (Å²) in [7, 11) is 0. The van der Waals surface area contributed by atoms with Gasteiger partial charge >= 0.3 is 5.97 Å². The van der Waals surface area contributed by atoms with Gasteiger partial charge in [-0.05, 0) is 109 Å². The molecule has 6 atom stereocenters. The minimum absolute atomic E-state index is 0.247. The standard InChI is InChI=1S/C33H40FN3O4.C33H39FN2O4/c1-22(24-13-7-5-8-14-24)35-32(40)30(33(2,3)4)36-31(39)26(21-29(38)37-41)17-11-12-23-18-19-27(28(34)20-23)25-15-9-6-10-16-25;1-22(24-13-7-5-8-14-24)35-32(40)30(33(2,3)4)36-31(39)26(21-29(37)38)17-11-12-23-18-19-27(28(34)20-23)25-15-9-6-10-16-25/h5-10,13-16,18-20,22,26,30,41H,11-12,17,21H2,1-4H3,(H,35,40)(H,36,39)(H,37,38);5-10,13-16,18-20,22,26,30H,11-12,17,21H2,1-4H3,(H,35,40)(H,36,39)(H,37,38)/t22?,26-,30-;22-,26-,30-/m11/s1. The van der Waals surface area contributed by atoms with Crippen LogP contribution in [0.15, 0.2) is 158 Å². The molecule has 13 nitrogen and oxygen atoms in total. The average Bonchev–Trinajstić information content (AvgIpc) is 3.44. The fourth-order valence-corrected chi connectivity index (χ4v) is 9.48. The van der Waals surface area contributed by atoms with Gasteiger partial charge in [-0.15, -0.1) is 0 Å². The molecular weight excluding hydrogens is 1030 g/mol. The van der Waals surface area contributed by atoms with Gasteiger partial charge < -0.3 is 26.4 Å². The zero-order valence-electron chi connectivity index (χ0n) is 47.7. The number of nitrogens with one attached hydrogen (secondary N) is 5. The van der Waals surface area contributed by atoms with E-state index in [9.17, 15) is 42.7 Å². The van der Waals surface area contributed by atoms with Gasteiger partial charge in [-0.3, -0.25) is 34.0 Å². The number of rotatable bonds is 24. The van der Waals surface area contributed by atoms with Gasteiger partial charge in [0.25, 0.3) is 0 Å². The topological polar surface area (TPSA) is 203 Å². The molecular formula is C66H79F2N5O8. The highest BCUT2D eigenvalue weighted by molar-refractivity contribution is 5.92. The molecule has 0 fully saturated rings. The molecule has 0 saturated heterocycles. The molecule has 15 heteroatoms. The summed E-state index contributed by atoms with van der Waals surface area (Å²) in [4.78, 5) is 76.8. The van der Waals surface area contributed by atoms with E-state index < -0.39 is 58.4 Å². The minimum Gasteiger partial charge on any atom is -0.481 e. The van der Waals surface area contributed by atoms with Gasteiger partial charge in [-0.2, -0.15) is 0 Å². The summed E-state index contributed by atoms with van der Waals surface area (Å²) < 4.78 is 29.6. The second-order valence-corrected chi connectivity index (χ2v) is 22.8. The molecule has 6 aromatic rings. The first-order chi connectivity index (χ1) is 38.4. The molecule has 0 aromatic heterocycles. The Balaban J connectivity index is 0.000000297. The van der Waals surface area contributed by atoms with Crippen LogP contribution in [-0.2, 0) is 41.6 Å². The van der Waals surface area contributed by atoms with E-state index in [1.54, 1.807) is 17.6 Å². The smallest absolute Gasteiger partial charge is 0.304 e. The molecule has 1 unspecified atom stereocenters. The normalized spacial score (nSPS) is 13.6. The Kier molecular flexibility index (Phi) is 24.0. The second-order valence-electron chi connectivity index (χ2n) is 22.8. The van der Waals surface area contributed by atoms with Gasteiger partial charge in [-0.25, -0.2) is 14.3 Å². The van der Waals surface area contributed by atoms with Gasteiger partial charge in [0.15, 0.2) is 0 Å². The van der Waals surface area contributed by atoms with Crippen molar-refractivity contribution in [2.45, 2.75) is 131 Å².